The molecule has 0 saturated heterocycles. The van der Waals surface area contributed by atoms with Gasteiger partial charge in [-0.1, -0.05) is 0 Å². The van der Waals surface area contributed by atoms with E-state index in [2.05, 4.69) is 5.32 Å². The summed E-state index contributed by atoms with van der Waals surface area (Å²) in [6, 6.07) is 4.76. The van der Waals surface area contributed by atoms with Gasteiger partial charge in [-0.15, -0.1) is 0 Å². The highest BCUT2D eigenvalue weighted by Crippen LogP contribution is 2.33. The molecule has 1 atom stereocenters. The van der Waals surface area contributed by atoms with Crippen LogP contribution in [0.4, 0.5) is 11.4 Å². The Hall–Kier alpha value is -2.57. The molecule has 0 bridgehead atoms. The number of benzene rings is 1. The van der Waals surface area contributed by atoms with E-state index in [1.165, 1.54) is 7.05 Å². The first-order valence-corrected chi connectivity index (χ1v) is 5.59. The van der Waals surface area contributed by atoms with Crippen LogP contribution in [0.2, 0.25) is 0 Å². The van der Waals surface area contributed by atoms with E-state index >= 15 is 0 Å². The number of carbonyl (C=O) groups excluding carboxylic acids is 3. The van der Waals surface area contributed by atoms with Gasteiger partial charge in [-0.25, -0.2) is 0 Å². The van der Waals surface area contributed by atoms with Gasteiger partial charge < -0.3 is 20.7 Å². The van der Waals surface area contributed by atoms with Gasteiger partial charge in [-0.3, -0.25) is 14.4 Å². The van der Waals surface area contributed by atoms with Crippen LogP contribution < -0.4 is 20.7 Å². The molecule has 0 saturated carbocycles. The Balaban J connectivity index is 2.31. The number of nitrogens with one attached hydrogen (secondary N) is 1. The van der Waals surface area contributed by atoms with Crippen molar-refractivity contribution >= 4 is 29.1 Å². The van der Waals surface area contributed by atoms with Crippen LogP contribution in [0.15, 0.2) is 18.2 Å². The zero-order valence-corrected chi connectivity index (χ0v) is 10.5. The van der Waals surface area contributed by atoms with Crippen LogP contribution in [-0.2, 0) is 14.4 Å². The molecule has 7 heteroatoms. The van der Waals surface area contributed by atoms with Gasteiger partial charge in [0.15, 0.2) is 6.10 Å². The quantitative estimate of drug-likeness (QED) is 0.688. The smallest absolute Gasteiger partial charge is 0.315 e. The lowest BCUT2D eigenvalue weighted by Gasteiger charge is -2.25. The maximum atomic E-state index is 11.5. The predicted molar refractivity (Wildman–Crippen MR) is 67.8 cm³/mol. The third-order valence-corrected chi connectivity index (χ3v) is 2.80. The summed E-state index contributed by atoms with van der Waals surface area (Å²) in [6.45, 7) is 1.63. The van der Waals surface area contributed by atoms with Crippen molar-refractivity contribution in [2.24, 2.45) is 5.73 Å². The third kappa shape index (κ3) is 2.35. The molecule has 0 radical (unpaired) electrons. The summed E-state index contributed by atoms with van der Waals surface area (Å²) in [5.41, 5.74) is 5.81. The zero-order chi connectivity index (χ0) is 14.2. The molecule has 1 heterocycles. The van der Waals surface area contributed by atoms with Gasteiger partial charge >= 0.3 is 11.8 Å². The molecule has 2 rings (SSSR count). The topological polar surface area (TPSA) is 102 Å². The molecule has 7 nitrogen and oxygen atoms in total. The Morgan fingerprint density at radius 1 is 1.42 bits per heavy atom. The van der Waals surface area contributed by atoms with Crippen LogP contribution in [-0.4, -0.2) is 30.9 Å². The fourth-order valence-electron chi connectivity index (χ4n) is 1.69. The van der Waals surface area contributed by atoms with Gasteiger partial charge in [-0.05, 0) is 25.1 Å². The van der Waals surface area contributed by atoms with Crippen molar-refractivity contribution in [1.29, 1.82) is 0 Å². The SMILES string of the molecule is CC1Oc2ccc(N(C)C(=O)C(N)=O)cc2NC1=O. The Kier molecular flexibility index (Phi) is 3.12. The Bertz CT molecular complexity index is 570. The molecular weight excluding hydrogens is 250 g/mol. The minimum Gasteiger partial charge on any atom is -0.479 e. The van der Waals surface area contributed by atoms with Gasteiger partial charge in [0.2, 0.25) is 0 Å². The second-order valence-corrected chi connectivity index (χ2v) is 4.16. The van der Waals surface area contributed by atoms with Crippen LogP contribution in [0.25, 0.3) is 0 Å². The fraction of sp³-hybridized carbons (Fsp3) is 0.250. The number of rotatable bonds is 1. The van der Waals surface area contributed by atoms with Gasteiger partial charge in [0.05, 0.1) is 5.69 Å². The molecule has 0 spiro atoms. The largest absolute Gasteiger partial charge is 0.479 e. The molecule has 3 amide bonds. The summed E-state index contributed by atoms with van der Waals surface area (Å²) in [4.78, 5) is 34.9. The Labute approximate surface area is 109 Å². The van der Waals surface area contributed by atoms with E-state index < -0.39 is 17.9 Å². The first-order valence-electron chi connectivity index (χ1n) is 5.59. The molecule has 100 valence electrons. The molecule has 1 aliphatic heterocycles. The van der Waals surface area contributed by atoms with E-state index in [0.717, 1.165) is 4.90 Å². The van der Waals surface area contributed by atoms with Crippen molar-refractivity contribution in [2.75, 3.05) is 17.3 Å². The predicted octanol–water partition coefficient (Wildman–Crippen LogP) is -0.146. The average molecular weight is 263 g/mol. The van der Waals surface area contributed by atoms with E-state index in [0.29, 0.717) is 17.1 Å². The van der Waals surface area contributed by atoms with Gasteiger partial charge in [0.25, 0.3) is 5.91 Å². The summed E-state index contributed by atoms with van der Waals surface area (Å²) >= 11 is 0. The second-order valence-electron chi connectivity index (χ2n) is 4.16. The van der Waals surface area contributed by atoms with Crippen molar-refractivity contribution in [2.45, 2.75) is 13.0 Å². The van der Waals surface area contributed by atoms with Crippen molar-refractivity contribution in [1.82, 2.24) is 0 Å². The number of anilines is 2. The van der Waals surface area contributed by atoms with Crippen LogP contribution in [0.3, 0.4) is 0 Å². The highest BCUT2D eigenvalue weighted by Gasteiger charge is 2.25. The summed E-state index contributed by atoms with van der Waals surface area (Å²) in [5.74, 6) is -1.64. The van der Waals surface area contributed by atoms with Crippen LogP contribution >= 0.6 is 0 Å². The first kappa shape index (κ1) is 12.9. The first-order chi connectivity index (χ1) is 8.90. The number of fused-ring (bicyclic) bond motifs is 1. The number of carbonyl (C=O) groups is 3. The molecule has 19 heavy (non-hydrogen) atoms. The van der Waals surface area contributed by atoms with Crippen molar-refractivity contribution < 1.29 is 19.1 Å². The summed E-state index contributed by atoms with van der Waals surface area (Å²) in [5, 5.41) is 2.65. The maximum absolute atomic E-state index is 11.5. The minimum absolute atomic E-state index is 0.270. The number of ether oxygens (including phenoxy) is 1. The summed E-state index contributed by atoms with van der Waals surface area (Å²) in [7, 11) is 1.42. The molecule has 1 aromatic carbocycles. The molecule has 0 aromatic heterocycles. The number of nitrogens with zero attached hydrogens (tertiary/aromatic N) is 1. The van der Waals surface area contributed by atoms with E-state index in [1.807, 2.05) is 0 Å². The third-order valence-electron chi connectivity index (χ3n) is 2.80. The number of primary amides is 1. The van der Waals surface area contributed by atoms with Crippen molar-refractivity contribution in [3.8, 4) is 5.75 Å². The average Bonchev–Trinajstić information content (AvgIpc) is 2.37. The van der Waals surface area contributed by atoms with E-state index in [1.54, 1.807) is 25.1 Å². The highest BCUT2D eigenvalue weighted by atomic mass is 16.5. The summed E-state index contributed by atoms with van der Waals surface area (Å²) in [6.07, 6.45) is -0.566. The normalized spacial score (nSPS) is 16.9. The van der Waals surface area contributed by atoms with Crippen LogP contribution in [0, 0.1) is 0 Å². The lowest BCUT2D eigenvalue weighted by atomic mass is 10.2. The molecular formula is C12H13N3O4. The van der Waals surface area contributed by atoms with Crippen LogP contribution in [0.5, 0.6) is 5.75 Å². The number of likely N-dealkylation sites (N-methyl/N-ethyl adjacent to an activating group) is 1. The zero-order valence-electron chi connectivity index (χ0n) is 10.5. The van der Waals surface area contributed by atoms with Gasteiger partial charge in [0.1, 0.15) is 5.75 Å². The molecule has 1 aliphatic rings. The maximum Gasteiger partial charge on any atom is 0.315 e. The Morgan fingerprint density at radius 2 is 2.11 bits per heavy atom. The molecule has 3 N–H and O–H groups in total. The van der Waals surface area contributed by atoms with Crippen molar-refractivity contribution in [3.63, 3.8) is 0 Å². The molecule has 0 aliphatic carbocycles. The number of nitrogens with two attached hydrogens (primary N) is 1. The van der Waals surface area contributed by atoms with Crippen LogP contribution in [0.1, 0.15) is 6.92 Å². The number of amides is 3. The lowest BCUT2D eigenvalue weighted by molar-refractivity contribution is -0.135. The number of hydrogen-bond donors (Lipinski definition) is 2. The molecule has 1 aromatic rings. The van der Waals surface area contributed by atoms with E-state index in [4.69, 9.17) is 10.5 Å². The second kappa shape index (κ2) is 4.60. The van der Waals surface area contributed by atoms with Gasteiger partial charge in [0, 0.05) is 12.7 Å². The lowest BCUT2D eigenvalue weighted by Crippen LogP contribution is -2.38. The fourth-order valence-corrected chi connectivity index (χ4v) is 1.69. The molecule has 1 unspecified atom stereocenters. The number of hydrogen-bond acceptors (Lipinski definition) is 4. The minimum atomic E-state index is -1.05. The van der Waals surface area contributed by atoms with Gasteiger partial charge in [-0.2, -0.15) is 0 Å². The van der Waals surface area contributed by atoms with E-state index in [9.17, 15) is 14.4 Å². The standard InChI is InChI=1S/C12H13N3O4/c1-6-11(17)14-8-5-7(3-4-9(8)19-6)15(2)12(18)10(13)16/h3-6H,1-2H3,(H2,13,16)(H,14,17). The van der Waals surface area contributed by atoms with E-state index in [-0.39, 0.29) is 5.91 Å². The summed E-state index contributed by atoms with van der Waals surface area (Å²) < 4.78 is 5.38. The Morgan fingerprint density at radius 3 is 2.74 bits per heavy atom. The van der Waals surface area contributed by atoms with Crippen molar-refractivity contribution in [3.05, 3.63) is 18.2 Å². The monoisotopic (exact) mass is 263 g/mol. The highest BCUT2D eigenvalue weighted by molar-refractivity contribution is 6.39. The molecule has 0 fully saturated rings.